The Bertz CT molecular complexity index is 825. The molecule has 0 spiro atoms. The van der Waals surface area contributed by atoms with Crippen molar-refractivity contribution in [3.8, 4) is 5.69 Å². The number of benzene rings is 2. The number of imidazole rings is 1. The summed E-state index contributed by atoms with van der Waals surface area (Å²) in [5, 5.41) is 0. The Morgan fingerprint density at radius 3 is 2.62 bits per heavy atom. The van der Waals surface area contributed by atoms with Crippen molar-refractivity contribution in [2.75, 3.05) is 0 Å². The zero-order valence-corrected chi connectivity index (χ0v) is 13.3. The Balaban J connectivity index is 2.39. The van der Waals surface area contributed by atoms with Crippen LogP contribution >= 0.6 is 27.5 Å². The topological polar surface area (TPSA) is 17.8 Å². The maximum Gasteiger partial charge on any atom is 0.153 e. The minimum Gasteiger partial charge on any atom is -0.295 e. The summed E-state index contributed by atoms with van der Waals surface area (Å²) in [6.45, 7) is 1.94. The molecule has 0 fully saturated rings. The van der Waals surface area contributed by atoms with Gasteiger partial charge in [0.25, 0.3) is 0 Å². The van der Waals surface area contributed by atoms with Gasteiger partial charge in [-0.2, -0.15) is 0 Å². The molecule has 21 heavy (non-hydrogen) atoms. The van der Waals surface area contributed by atoms with Crippen LogP contribution < -0.4 is 0 Å². The lowest BCUT2D eigenvalue weighted by atomic mass is 10.2. The van der Waals surface area contributed by atoms with Gasteiger partial charge in [0, 0.05) is 22.3 Å². The third-order valence-electron chi connectivity index (χ3n) is 3.15. The number of fused-ring (bicyclic) bond motifs is 1. The van der Waals surface area contributed by atoms with Crippen LogP contribution in [0.25, 0.3) is 16.7 Å². The second-order valence-electron chi connectivity index (χ2n) is 4.74. The van der Waals surface area contributed by atoms with Gasteiger partial charge in [-0.05, 0) is 30.7 Å². The van der Waals surface area contributed by atoms with Gasteiger partial charge in [0.2, 0.25) is 0 Å². The predicted octanol–water partition coefficient (Wildman–Crippen LogP) is 5.11. The number of hydrogen-bond acceptors (Lipinski definition) is 1. The smallest absolute Gasteiger partial charge is 0.153 e. The van der Waals surface area contributed by atoms with Gasteiger partial charge in [-0.15, -0.1) is 11.6 Å². The SMILES string of the molecule is Cc1cc(Br)cc(-n2c(CCl)nc3c(F)cc(F)cc32)c1. The van der Waals surface area contributed by atoms with E-state index in [1.807, 2.05) is 25.1 Å². The van der Waals surface area contributed by atoms with Crippen molar-refractivity contribution in [1.29, 1.82) is 0 Å². The first-order valence-electron chi connectivity index (χ1n) is 6.19. The molecule has 0 aliphatic rings. The molecule has 0 unspecified atom stereocenters. The van der Waals surface area contributed by atoms with E-state index >= 15 is 0 Å². The van der Waals surface area contributed by atoms with E-state index in [2.05, 4.69) is 20.9 Å². The van der Waals surface area contributed by atoms with E-state index in [1.54, 1.807) is 4.57 Å². The molecule has 0 atom stereocenters. The van der Waals surface area contributed by atoms with Gasteiger partial charge in [-0.25, -0.2) is 13.8 Å². The quantitative estimate of drug-likeness (QED) is 0.572. The zero-order valence-electron chi connectivity index (χ0n) is 11.0. The predicted molar refractivity (Wildman–Crippen MR) is 83.0 cm³/mol. The molecule has 0 amide bonds. The third-order valence-corrected chi connectivity index (χ3v) is 3.85. The number of aryl methyl sites for hydroxylation is 1. The standard InChI is InChI=1S/C15H10BrClF2N2/c1-8-2-9(16)4-11(3-8)21-13-6-10(18)5-12(19)15(13)20-14(21)7-17/h2-6H,7H2,1H3. The number of halogens is 4. The molecule has 6 heteroatoms. The summed E-state index contributed by atoms with van der Waals surface area (Å²) in [6, 6.07) is 7.80. The first-order chi connectivity index (χ1) is 9.99. The Morgan fingerprint density at radius 2 is 1.95 bits per heavy atom. The molecule has 0 radical (unpaired) electrons. The number of alkyl halides is 1. The van der Waals surface area contributed by atoms with Gasteiger partial charge in [-0.3, -0.25) is 4.57 Å². The fourth-order valence-electron chi connectivity index (χ4n) is 2.38. The van der Waals surface area contributed by atoms with Crippen LogP contribution in [0.5, 0.6) is 0 Å². The molecule has 3 rings (SSSR count). The van der Waals surface area contributed by atoms with E-state index < -0.39 is 11.6 Å². The lowest BCUT2D eigenvalue weighted by molar-refractivity contribution is 0.590. The summed E-state index contributed by atoms with van der Waals surface area (Å²) < 4.78 is 30.0. The summed E-state index contributed by atoms with van der Waals surface area (Å²) in [4.78, 5) is 4.18. The molecule has 0 saturated carbocycles. The van der Waals surface area contributed by atoms with Crippen LogP contribution in [0, 0.1) is 18.6 Å². The van der Waals surface area contributed by atoms with Crippen LogP contribution in [0.3, 0.4) is 0 Å². The minimum absolute atomic E-state index is 0.0985. The fraction of sp³-hybridized carbons (Fsp3) is 0.133. The average molecular weight is 372 g/mol. The molecule has 2 aromatic carbocycles. The van der Waals surface area contributed by atoms with Crippen molar-refractivity contribution in [3.05, 3.63) is 57.8 Å². The second kappa shape index (κ2) is 5.39. The van der Waals surface area contributed by atoms with Crippen LogP contribution in [0.2, 0.25) is 0 Å². The molecule has 1 aromatic heterocycles. The van der Waals surface area contributed by atoms with Crippen molar-refractivity contribution >= 4 is 38.6 Å². The Kier molecular flexibility index (Phi) is 3.71. The molecular formula is C15H10BrClF2N2. The number of rotatable bonds is 2. The van der Waals surface area contributed by atoms with Crippen molar-refractivity contribution in [2.24, 2.45) is 0 Å². The van der Waals surface area contributed by atoms with Gasteiger partial charge >= 0.3 is 0 Å². The molecule has 3 aromatic rings. The normalized spacial score (nSPS) is 11.3. The average Bonchev–Trinajstić information content (AvgIpc) is 2.76. The maximum atomic E-state index is 13.9. The van der Waals surface area contributed by atoms with Gasteiger partial charge in [-0.1, -0.05) is 15.9 Å². The largest absolute Gasteiger partial charge is 0.295 e. The van der Waals surface area contributed by atoms with E-state index in [1.165, 1.54) is 6.07 Å². The van der Waals surface area contributed by atoms with Crippen LogP contribution in [-0.2, 0) is 5.88 Å². The van der Waals surface area contributed by atoms with E-state index in [0.717, 1.165) is 21.8 Å². The highest BCUT2D eigenvalue weighted by atomic mass is 79.9. The van der Waals surface area contributed by atoms with Gasteiger partial charge in [0.1, 0.15) is 17.2 Å². The monoisotopic (exact) mass is 370 g/mol. The number of hydrogen-bond donors (Lipinski definition) is 0. The van der Waals surface area contributed by atoms with Crippen LogP contribution in [0.15, 0.2) is 34.8 Å². The lowest BCUT2D eigenvalue weighted by Gasteiger charge is -2.09. The number of nitrogens with zero attached hydrogens (tertiary/aromatic N) is 2. The highest BCUT2D eigenvalue weighted by Gasteiger charge is 2.16. The first-order valence-corrected chi connectivity index (χ1v) is 7.52. The zero-order chi connectivity index (χ0) is 15.1. The molecular weight excluding hydrogens is 362 g/mol. The van der Waals surface area contributed by atoms with E-state index in [4.69, 9.17) is 11.6 Å². The molecule has 1 heterocycles. The maximum absolute atomic E-state index is 13.9. The Labute approximate surface area is 133 Å². The Hall–Kier alpha value is -1.46. The van der Waals surface area contributed by atoms with Crippen LogP contribution in [0.4, 0.5) is 8.78 Å². The molecule has 0 saturated heterocycles. The van der Waals surface area contributed by atoms with Crippen molar-refractivity contribution < 1.29 is 8.78 Å². The highest BCUT2D eigenvalue weighted by molar-refractivity contribution is 9.10. The molecule has 0 bridgehead atoms. The lowest BCUT2D eigenvalue weighted by Crippen LogP contribution is -2.00. The second-order valence-corrected chi connectivity index (χ2v) is 5.92. The van der Waals surface area contributed by atoms with Crippen molar-refractivity contribution in [2.45, 2.75) is 12.8 Å². The molecule has 0 aliphatic heterocycles. The summed E-state index contributed by atoms with van der Waals surface area (Å²) in [5.41, 5.74) is 2.24. The Morgan fingerprint density at radius 1 is 1.19 bits per heavy atom. The van der Waals surface area contributed by atoms with Crippen LogP contribution in [-0.4, -0.2) is 9.55 Å². The summed E-state index contributed by atoms with van der Waals surface area (Å²) in [5.74, 6) is -0.772. The minimum atomic E-state index is -0.693. The van der Waals surface area contributed by atoms with Gasteiger partial charge < -0.3 is 0 Å². The molecule has 0 aliphatic carbocycles. The summed E-state index contributed by atoms with van der Waals surface area (Å²) in [7, 11) is 0. The van der Waals surface area contributed by atoms with Crippen molar-refractivity contribution in [3.63, 3.8) is 0 Å². The van der Waals surface area contributed by atoms with E-state index in [-0.39, 0.29) is 11.4 Å². The summed E-state index contributed by atoms with van der Waals surface area (Å²) >= 11 is 9.34. The van der Waals surface area contributed by atoms with E-state index in [9.17, 15) is 8.78 Å². The molecule has 108 valence electrons. The highest BCUT2D eigenvalue weighted by Crippen LogP contribution is 2.27. The van der Waals surface area contributed by atoms with Crippen molar-refractivity contribution in [1.82, 2.24) is 9.55 Å². The van der Waals surface area contributed by atoms with E-state index in [0.29, 0.717) is 11.3 Å². The van der Waals surface area contributed by atoms with Crippen LogP contribution in [0.1, 0.15) is 11.4 Å². The molecule has 0 N–H and O–H groups in total. The molecule has 2 nitrogen and oxygen atoms in total. The summed E-state index contributed by atoms with van der Waals surface area (Å²) in [6.07, 6.45) is 0. The third kappa shape index (κ3) is 2.56. The fourth-order valence-corrected chi connectivity index (χ4v) is 3.15. The first kappa shape index (κ1) is 14.5. The van der Waals surface area contributed by atoms with Gasteiger partial charge in [0.05, 0.1) is 11.4 Å². The number of aromatic nitrogens is 2. The van der Waals surface area contributed by atoms with Gasteiger partial charge in [0.15, 0.2) is 5.82 Å².